The molecule has 1 saturated heterocycles. The number of carboxylic acids is 1. The highest BCUT2D eigenvalue weighted by atomic mass is 35.5. The third kappa shape index (κ3) is 2.30. The highest BCUT2D eigenvalue weighted by Crippen LogP contribution is 2.36. The van der Waals surface area contributed by atoms with Crippen molar-refractivity contribution in [1.82, 2.24) is 0 Å². The van der Waals surface area contributed by atoms with Crippen molar-refractivity contribution in [2.45, 2.75) is 11.4 Å². The van der Waals surface area contributed by atoms with Gasteiger partial charge in [0.25, 0.3) is 0 Å². The van der Waals surface area contributed by atoms with Crippen LogP contribution in [0.15, 0.2) is 18.2 Å². The molecule has 2 N–H and O–H groups in total. The summed E-state index contributed by atoms with van der Waals surface area (Å²) in [6.45, 7) is 0. The van der Waals surface area contributed by atoms with Gasteiger partial charge in [-0.05, 0) is 12.1 Å². The number of carboxylic acid groups (broad SMARTS) is 1. The van der Waals surface area contributed by atoms with Gasteiger partial charge in [-0.2, -0.15) is 0 Å². The fourth-order valence-electron chi connectivity index (χ4n) is 1.64. The maximum absolute atomic E-state index is 10.7. The van der Waals surface area contributed by atoms with Crippen LogP contribution in [0.4, 0.5) is 0 Å². The van der Waals surface area contributed by atoms with Crippen molar-refractivity contribution < 1.29 is 15.2 Å². The van der Waals surface area contributed by atoms with Crippen molar-refractivity contribution >= 4 is 40.9 Å². The van der Waals surface area contributed by atoms with Gasteiger partial charge in [-0.1, -0.05) is 41.0 Å². The Bertz CT molecular complexity index is 407. The van der Waals surface area contributed by atoms with E-state index in [-0.39, 0.29) is 5.37 Å². The van der Waals surface area contributed by atoms with Crippen LogP contribution in [0.1, 0.15) is 10.9 Å². The molecule has 1 heterocycles. The number of aliphatic carboxylic acids is 1. The molecule has 1 aromatic carbocycles. The van der Waals surface area contributed by atoms with Crippen LogP contribution in [0, 0.1) is 0 Å². The van der Waals surface area contributed by atoms with Crippen molar-refractivity contribution in [3.8, 4) is 0 Å². The lowest BCUT2D eigenvalue weighted by Gasteiger charge is -2.13. The zero-order valence-electron chi connectivity index (χ0n) is 8.15. The first kappa shape index (κ1) is 12.0. The number of thioether (sulfide) groups is 1. The molecule has 1 aliphatic rings. The minimum absolute atomic E-state index is 0.0656. The molecule has 0 amide bonds. The number of quaternary nitrogens is 1. The largest absolute Gasteiger partial charge is 0.544 e. The molecular formula is C10H9Cl2NO2S. The van der Waals surface area contributed by atoms with E-state index in [1.165, 1.54) is 11.8 Å². The van der Waals surface area contributed by atoms with Crippen LogP contribution in [0.2, 0.25) is 10.0 Å². The van der Waals surface area contributed by atoms with Gasteiger partial charge in [0, 0.05) is 0 Å². The van der Waals surface area contributed by atoms with Crippen LogP contribution in [-0.4, -0.2) is 17.8 Å². The molecule has 1 aromatic rings. The van der Waals surface area contributed by atoms with Gasteiger partial charge >= 0.3 is 0 Å². The molecule has 6 heteroatoms. The standard InChI is InChI=1S/C10H9Cl2NO2S/c11-5-2-1-3-6(12)8(5)9-13-7(4-16-9)10(14)15/h1-3,7,9,13H,4H2,(H,14,15)/t7-,9+/m1/s1. The van der Waals surface area contributed by atoms with E-state index in [0.717, 1.165) is 5.56 Å². The molecule has 2 atom stereocenters. The van der Waals surface area contributed by atoms with Gasteiger partial charge < -0.3 is 15.2 Å². The second-order valence-electron chi connectivity index (χ2n) is 3.51. The lowest BCUT2D eigenvalue weighted by molar-refractivity contribution is -0.690. The Morgan fingerprint density at radius 3 is 2.56 bits per heavy atom. The number of carbonyl (C=O) groups is 1. The summed E-state index contributed by atoms with van der Waals surface area (Å²) in [7, 11) is 0. The summed E-state index contributed by atoms with van der Waals surface area (Å²) >= 11 is 13.6. The molecule has 0 bridgehead atoms. The molecule has 1 aliphatic heterocycles. The predicted molar refractivity (Wildman–Crippen MR) is 62.4 cm³/mol. The third-order valence-electron chi connectivity index (χ3n) is 2.45. The molecule has 0 unspecified atom stereocenters. The summed E-state index contributed by atoms with van der Waals surface area (Å²) in [4.78, 5) is 10.7. The van der Waals surface area contributed by atoms with E-state index in [4.69, 9.17) is 23.2 Å². The monoisotopic (exact) mass is 277 g/mol. The first-order valence-corrected chi connectivity index (χ1v) is 6.51. The summed E-state index contributed by atoms with van der Waals surface area (Å²) in [5, 5.41) is 13.5. The number of hydrogen-bond donors (Lipinski definition) is 1. The summed E-state index contributed by atoms with van der Waals surface area (Å²) in [5.74, 6) is -0.535. The van der Waals surface area contributed by atoms with Gasteiger partial charge in [0.15, 0.2) is 5.37 Å². The van der Waals surface area contributed by atoms with E-state index in [0.29, 0.717) is 15.8 Å². The van der Waals surface area contributed by atoms with Crippen molar-refractivity contribution in [3.05, 3.63) is 33.8 Å². The quantitative estimate of drug-likeness (QED) is 0.853. The number of carbonyl (C=O) groups excluding carboxylic acids is 1. The predicted octanol–water partition coefficient (Wildman–Crippen LogP) is 0.421. The lowest BCUT2D eigenvalue weighted by Crippen LogP contribution is -2.90. The maximum atomic E-state index is 10.7. The van der Waals surface area contributed by atoms with Crippen LogP contribution >= 0.6 is 35.0 Å². The molecule has 0 aliphatic carbocycles. The van der Waals surface area contributed by atoms with Gasteiger partial charge in [0.1, 0.15) is 12.0 Å². The van der Waals surface area contributed by atoms with Crippen molar-refractivity contribution in [3.63, 3.8) is 0 Å². The molecule has 0 saturated carbocycles. The topological polar surface area (TPSA) is 56.7 Å². The fraction of sp³-hybridized carbons (Fsp3) is 0.300. The maximum Gasteiger partial charge on any atom is 0.162 e. The number of hydrogen-bond acceptors (Lipinski definition) is 3. The number of benzene rings is 1. The number of nitrogens with two attached hydrogens (primary N) is 1. The van der Waals surface area contributed by atoms with Crippen LogP contribution in [0.25, 0.3) is 0 Å². The van der Waals surface area contributed by atoms with Gasteiger partial charge in [-0.15, -0.1) is 0 Å². The Labute approximate surface area is 107 Å². The molecule has 86 valence electrons. The third-order valence-corrected chi connectivity index (χ3v) is 4.41. The Morgan fingerprint density at radius 2 is 2.06 bits per heavy atom. The molecule has 3 nitrogen and oxygen atoms in total. The van der Waals surface area contributed by atoms with Crippen LogP contribution < -0.4 is 10.4 Å². The van der Waals surface area contributed by atoms with E-state index >= 15 is 0 Å². The molecule has 2 rings (SSSR count). The zero-order valence-corrected chi connectivity index (χ0v) is 10.5. The normalized spacial score (nSPS) is 24.6. The lowest BCUT2D eigenvalue weighted by atomic mass is 10.2. The number of halogens is 2. The summed E-state index contributed by atoms with van der Waals surface area (Å²) in [5.41, 5.74) is 0.791. The van der Waals surface area contributed by atoms with Gasteiger partial charge in [0.05, 0.1) is 21.4 Å². The van der Waals surface area contributed by atoms with E-state index in [1.807, 2.05) is 0 Å². The second kappa shape index (κ2) is 4.84. The van der Waals surface area contributed by atoms with Crippen LogP contribution in [0.5, 0.6) is 0 Å². The minimum atomic E-state index is -1.04. The van der Waals surface area contributed by atoms with Gasteiger partial charge in [-0.25, -0.2) is 0 Å². The van der Waals surface area contributed by atoms with Crippen LogP contribution in [0.3, 0.4) is 0 Å². The molecule has 1 fully saturated rings. The molecular weight excluding hydrogens is 269 g/mol. The first-order valence-electron chi connectivity index (χ1n) is 4.71. The Kier molecular flexibility index (Phi) is 3.64. The van der Waals surface area contributed by atoms with E-state index in [1.54, 1.807) is 23.5 Å². The van der Waals surface area contributed by atoms with E-state index in [2.05, 4.69) is 0 Å². The van der Waals surface area contributed by atoms with Gasteiger partial charge in [-0.3, -0.25) is 0 Å². The number of rotatable bonds is 2. The zero-order chi connectivity index (χ0) is 11.7. The summed E-state index contributed by atoms with van der Waals surface area (Å²) in [6, 6.07) is 4.75. The SMILES string of the molecule is O=C([O-])[C@H]1CS[C@@H](c2c(Cl)cccc2Cl)[NH2+]1. The Morgan fingerprint density at radius 1 is 1.44 bits per heavy atom. The Balaban J connectivity index is 2.24. The molecule has 0 aromatic heterocycles. The smallest absolute Gasteiger partial charge is 0.162 e. The summed E-state index contributed by atoms with van der Waals surface area (Å²) in [6.07, 6.45) is 0. The highest BCUT2D eigenvalue weighted by Gasteiger charge is 2.33. The highest BCUT2D eigenvalue weighted by molar-refractivity contribution is 7.99. The second-order valence-corrected chi connectivity index (χ2v) is 5.50. The molecule has 0 spiro atoms. The molecule has 16 heavy (non-hydrogen) atoms. The van der Waals surface area contributed by atoms with Crippen molar-refractivity contribution in [2.75, 3.05) is 5.75 Å². The first-order chi connectivity index (χ1) is 7.59. The van der Waals surface area contributed by atoms with Crippen LogP contribution in [-0.2, 0) is 4.79 Å². The minimum Gasteiger partial charge on any atom is -0.544 e. The van der Waals surface area contributed by atoms with Crippen molar-refractivity contribution in [1.29, 1.82) is 0 Å². The fourth-order valence-corrected chi connectivity index (χ4v) is 3.78. The molecule has 0 radical (unpaired) electrons. The average molecular weight is 278 g/mol. The Hall–Kier alpha value is -0.420. The van der Waals surface area contributed by atoms with Gasteiger partial charge in [0.2, 0.25) is 0 Å². The van der Waals surface area contributed by atoms with Crippen molar-refractivity contribution in [2.24, 2.45) is 0 Å². The van der Waals surface area contributed by atoms with E-state index < -0.39 is 12.0 Å². The summed E-state index contributed by atoms with van der Waals surface area (Å²) < 4.78 is 0. The van der Waals surface area contributed by atoms with E-state index in [9.17, 15) is 9.90 Å². The average Bonchev–Trinajstić information content (AvgIpc) is 2.66.